The number of hydrogen-bond acceptors (Lipinski definition) is 3. The molecule has 0 aliphatic rings. The second-order valence-electron chi connectivity index (χ2n) is 5.28. The van der Waals surface area contributed by atoms with Crippen molar-refractivity contribution in [2.24, 2.45) is 5.73 Å². The number of aromatic nitrogens is 3. The Morgan fingerprint density at radius 1 is 1.19 bits per heavy atom. The van der Waals surface area contributed by atoms with E-state index in [-0.39, 0.29) is 0 Å². The lowest BCUT2D eigenvalue weighted by molar-refractivity contribution is 0.898. The van der Waals surface area contributed by atoms with E-state index in [9.17, 15) is 0 Å². The van der Waals surface area contributed by atoms with Crippen LogP contribution >= 0.6 is 0 Å². The van der Waals surface area contributed by atoms with E-state index in [2.05, 4.69) is 46.8 Å². The van der Waals surface area contributed by atoms with Crippen molar-refractivity contribution in [3.05, 3.63) is 53.5 Å². The summed E-state index contributed by atoms with van der Waals surface area (Å²) >= 11 is 0. The first kappa shape index (κ1) is 13.8. The third-order valence-corrected chi connectivity index (χ3v) is 3.65. The van der Waals surface area contributed by atoms with Crippen LogP contribution < -0.4 is 5.73 Å². The van der Waals surface area contributed by atoms with E-state index in [0.29, 0.717) is 6.54 Å². The Hall–Kier alpha value is -2.20. The summed E-state index contributed by atoms with van der Waals surface area (Å²) < 4.78 is 2.14. The van der Waals surface area contributed by atoms with Gasteiger partial charge in [0.05, 0.1) is 0 Å². The molecule has 0 spiro atoms. The lowest BCUT2D eigenvalue weighted by atomic mass is 10.1. The molecule has 0 aliphatic heterocycles. The van der Waals surface area contributed by atoms with E-state index >= 15 is 0 Å². The second-order valence-corrected chi connectivity index (χ2v) is 5.28. The fourth-order valence-corrected chi connectivity index (χ4v) is 2.60. The Balaban J connectivity index is 2.13. The summed E-state index contributed by atoms with van der Waals surface area (Å²) in [6.07, 6.45) is 3.67. The van der Waals surface area contributed by atoms with Gasteiger partial charge in [0.2, 0.25) is 0 Å². The monoisotopic (exact) mass is 280 g/mol. The van der Waals surface area contributed by atoms with E-state index in [1.54, 1.807) is 0 Å². The minimum atomic E-state index is 0.675. The average Bonchev–Trinajstić information content (AvgIpc) is 2.86. The van der Waals surface area contributed by atoms with Gasteiger partial charge in [0.15, 0.2) is 5.65 Å². The Labute approximate surface area is 124 Å². The molecule has 21 heavy (non-hydrogen) atoms. The van der Waals surface area contributed by atoms with Crippen LogP contribution in [0.4, 0.5) is 0 Å². The summed E-state index contributed by atoms with van der Waals surface area (Å²) in [5.74, 6) is 1.04. The predicted molar refractivity (Wildman–Crippen MR) is 85.7 cm³/mol. The Morgan fingerprint density at radius 2 is 1.95 bits per heavy atom. The summed E-state index contributed by atoms with van der Waals surface area (Å²) in [6, 6.07) is 10.6. The molecule has 0 bridgehead atoms. The number of fused-ring (bicyclic) bond motifs is 1. The van der Waals surface area contributed by atoms with Crippen molar-refractivity contribution >= 4 is 11.2 Å². The zero-order valence-corrected chi connectivity index (χ0v) is 12.5. The number of nitrogens with zero attached hydrogens (tertiary/aromatic N) is 3. The number of benzene rings is 1. The van der Waals surface area contributed by atoms with Gasteiger partial charge in [-0.15, -0.1) is 0 Å². The number of aryl methyl sites for hydroxylation is 2. The minimum absolute atomic E-state index is 0.675. The SMILES string of the molecule is CCc1nc2cc(C)cnc2n1-c1ccc(CCN)cc1. The fraction of sp³-hybridized carbons (Fsp3) is 0.294. The molecular formula is C17H20N4. The highest BCUT2D eigenvalue weighted by Gasteiger charge is 2.12. The van der Waals surface area contributed by atoms with Crippen LogP contribution in [0, 0.1) is 6.92 Å². The molecule has 0 saturated heterocycles. The van der Waals surface area contributed by atoms with Crippen LogP contribution in [0.15, 0.2) is 36.5 Å². The maximum atomic E-state index is 5.60. The van der Waals surface area contributed by atoms with Crippen LogP contribution in [-0.2, 0) is 12.8 Å². The molecule has 3 rings (SSSR count). The quantitative estimate of drug-likeness (QED) is 0.799. The van der Waals surface area contributed by atoms with Gasteiger partial charge in [0.25, 0.3) is 0 Å². The van der Waals surface area contributed by atoms with E-state index in [0.717, 1.165) is 41.1 Å². The molecule has 2 aromatic heterocycles. The molecule has 2 heterocycles. The van der Waals surface area contributed by atoms with Gasteiger partial charge in [-0.1, -0.05) is 19.1 Å². The van der Waals surface area contributed by atoms with Crippen LogP contribution in [0.3, 0.4) is 0 Å². The molecule has 3 aromatic rings. The first-order valence-corrected chi connectivity index (χ1v) is 7.36. The molecule has 0 amide bonds. The summed E-state index contributed by atoms with van der Waals surface area (Å²) in [5, 5.41) is 0. The molecule has 1 aromatic carbocycles. The Kier molecular flexibility index (Phi) is 3.71. The van der Waals surface area contributed by atoms with E-state index in [4.69, 9.17) is 10.7 Å². The van der Waals surface area contributed by atoms with Crippen molar-refractivity contribution in [3.8, 4) is 5.69 Å². The summed E-state index contributed by atoms with van der Waals surface area (Å²) in [6.45, 7) is 4.83. The van der Waals surface area contributed by atoms with Crippen molar-refractivity contribution < 1.29 is 0 Å². The normalized spacial score (nSPS) is 11.2. The van der Waals surface area contributed by atoms with Gasteiger partial charge in [-0.25, -0.2) is 9.97 Å². The van der Waals surface area contributed by atoms with Gasteiger partial charge in [-0.05, 0) is 49.2 Å². The van der Waals surface area contributed by atoms with Gasteiger partial charge < -0.3 is 5.73 Å². The summed E-state index contributed by atoms with van der Waals surface area (Å²) in [7, 11) is 0. The topological polar surface area (TPSA) is 56.7 Å². The van der Waals surface area contributed by atoms with Crippen molar-refractivity contribution in [1.82, 2.24) is 14.5 Å². The predicted octanol–water partition coefficient (Wildman–Crippen LogP) is 2.79. The van der Waals surface area contributed by atoms with Crippen LogP contribution in [0.2, 0.25) is 0 Å². The summed E-state index contributed by atoms with van der Waals surface area (Å²) in [5.41, 5.74) is 11.0. The molecule has 4 heteroatoms. The van der Waals surface area contributed by atoms with Crippen LogP contribution in [0.1, 0.15) is 23.9 Å². The number of hydrogen-bond donors (Lipinski definition) is 1. The molecule has 4 nitrogen and oxygen atoms in total. The van der Waals surface area contributed by atoms with Gasteiger partial charge in [-0.3, -0.25) is 4.57 Å². The molecule has 0 radical (unpaired) electrons. The van der Waals surface area contributed by atoms with Crippen molar-refractivity contribution in [3.63, 3.8) is 0 Å². The van der Waals surface area contributed by atoms with Gasteiger partial charge in [-0.2, -0.15) is 0 Å². The zero-order valence-electron chi connectivity index (χ0n) is 12.5. The number of rotatable bonds is 4. The molecule has 108 valence electrons. The van der Waals surface area contributed by atoms with Gasteiger partial charge in [0.1, 0.15) is 11.3 Å². The fourth-order valence-electron chi connectivity index (χ4n) is 2.60. The lowest BCUT2D eigenvalue weighted by Gasteiger charge is -2.08. The van der Waals surface area contributed by atoms with Crippen molar-refractivity contribution in [2.45, 2.75) is 26.7 Å². The smallest absolute Gasteiger partial charge is 0.164 e. The van der Waals surface area contributed by atoms with E-state index in [1.165, 1.54) is 5.56 Å². The van der Waals surface area contributed by atoms with Crippen LogP contribution in [0.5, 0.6) is 0 Å². The molecule has 0 aliphatic carbocycles. The molecule has 0 saturated carbocycles. The van der Waals surface area contributed by atoms with Gasteiger partial charge in [0, 0.05) is 18.3 Å². The second kappa shape index (κ2) is 5.66. The van der Waals surface area contributed by atoms with Crippen molar-refractivity contribution in [2.75, 3.05) is 6.54 Å². The number of pyridine rings is 1. The largest absolute Gasteiger partial charge is 0.330 e. The van der Waals surface area contributed by atoms with Gasteiger partial charge >= 0.3 is 0 Å². The number of imidazole rings is 1. The highest BCUT2D eigenvalue weighted by atomic mass is 15.1. The maximum Gasteiger partial charge on any atom is 0.164 e. The highest BCUT2D eigenvalue weighted by Crippen LogP contribution is 2.21. The van der Waals surface area contributed by atoms with E-state index < -0.39 is 0 Å². The molecule has 2 N–H and O–H groups in total. The standard InChI is InChI=1S/C17H20N4/c1-3-16-20-15-10-12(2)11-19-17(15)21(16)14-6-4-13(5-7-14)8-9-18/h4-7,10-11H,3,8-9,18H2,1-2H3. The Bertz CT molecular complexity index is 756. The minimum Gasteiger partial charge on any atom is -0.330 e. The van der Waals surface area contributed by atoms with Crippen LogP contribution in [0.25, 0.3) is 16.9 Å². The number of nitrogens with two attached hydrogens (primary N) is 1. The first-order valence-electron chi connectivity index (χ1n) is 7.36. The van der Waals surface area contributed by atoms with E-state index in [1.807, 2.05) is 13.1 Å². The molecular weight excluding hydrogens is 260 g/mol. The molecule has 0 fully saturated rings. The lowest BCUT2D eigenvalue weighted by Crippen LogP contribution is -2.04. The molecule has 0 atom stereocenters. The third-order valence-electron chi connectivity index (χ3n) is 3.65. The molecule has 0 unspecified atom stereocenters. The maximum absolute atomic E-state index is 5.60. The highest BCUT2D eigenvalue weighted by molar-refractivity contribution is 5.74. The zero-order chi connectivity index (χ0) is 14.8. The average molecular weight is 280 g/mol. The first-order chi connectivity index (χ1) is 10.2. The van der Waals surface area contributed by atoms with Crippen LogP contribution in [-0.4, -0.2) is 21.1 Å². The third kappa shape index (κ3) is 2.54. The van der Waals surface area contributed by atoms with Crippen molar-refractivity contribution in [1.29, 1.82) is 0 Å². The summed E-state index contributed by atoms with van der Waals surface area (Å²) in [4.78, 5) is 9.27. The Morgan fingerprint density at radius 3 is 2.62 bits per heavy atom.